The number of ether oxygens (including phenoxy) is 1. The van der Waals surface area contributed by atoms with Crippen LogP contribution in [0.25, 0.3) is 10.9 Å². The predicted molar refractivity (Wildman–Crippen MR) is 71.8 cm³/mol. The maximum atomic E-state index is 5.29. The van der Waals surface area contributed by atoms with E-state index in [0.29, 0.717) is 0 Å². The lowest BCUT2D eigenvalue weighted by Crippen LogP contribution is -2.12. The number of likely N-dealkylation sites (N-methyl/N-ethyl adjacent to an activating group) is 1. The molecule has 92 valence electrons. The molecular weight excluding hydrogens is 212 g/mol. The molecule has 0 saturated heterocycles. The lowest BCUT2D eigenvalue weighted by atomic mass is 10.2. The van der Waals surface area contributed by atoms with Gasteiger partial charge in [-0.1, -0.05) is 0 Å². The highest BCUT2D eigenvalue weighted by atomic mass is 16.5. The Morgan fingerprint density at radius 2 is 2.12 bits per heavy atom. The molecule has 3 nitrogen and oxygen atoms in total. The summed E-state index contributed by atoms with van der Waals surface area (Å²) in [6.07, 6.45) is 1.06. The van der Waals surface area contributed by atoms with E-state index in [4.69, 9.17) is 4.74 Å². The van der Waals surface area contributed by atoms with Crippen LogP contribution in [0.2, 0.25) is 0 Å². The highest BCUT2D eigenvalue weighted by molar-refractivity contribution is 5.82. The van der Waals surface area contributed by atoms with Crippen LogP contribution in [0.5, 0.6) is 5.75 Å². The lowest BCUT2D eigenvalue weighted by Gasteiger charge is -2.08. The fourth-order valence-corrected chi connectivity index (χ4v) is 2.25. The van der Waals surface area contributed by atoms with Crippen LogP contribution in [0.4, 0.5) is 0 Å². The molecule has 3 heteroatoms. The second-order valence-electron chi connectivity index (χ2n) is 4.16. The number of fused-ring (bicyclic) bond motifs is 1. The van der Waals surface area contributed by atoms with Crippen molar-refractivity contribution in [2.45, 2.75) is 19.9 Å². The van der Waals surface area contributed by atoms with E-state index in [1.165, 1.54) is 16.6 Å². The number of rotatable bonds is 5. The number of aromatic nitrogens is 1. The van der Waals surface area contributed by atoms with Crippen molar-refractivity contribution in [3.63, 3.8) is 0 Å². The molecule has 0 atom stereocenters. The van der Waals surface area contributed by atoms with E-state index in [2.05, 4.69) is 35.0 Å². The van der Waals surface area contributed by atoms with Crippen LogP contribution in [0.1, 0.15) is 12.6 Å². The van der Waals surface area contributed by atoms with Gasteiger partial charge in [-0.2, -0.15) is 0 Å². The number of hydrogen-bond donors (Lipinski definition) is 1. The van der Waals surface area contributed by atoms with Crippen LogP contribution < -0.4 is 10.1 Å². The molecule has 1 aromatic carbocycles. The van der Waals surface area contributed by atoms with E-state index in [9.17, 15) is 0 Å². The van der Waals surface area contributed by atoms with Gasteiger partial charge in [0.05, 0.1) is 12.6 Å². The van der Waals surface area contributed by atoms with Crippen molar-refractivity contribution in [2.75, 3.05) is 20.7 Å². The van der Waals surface area contributed by atoms with Gasteiger partial charge in [0.1, 0.15) is 5.75 Å². The van der Waals surface area contributed by atoms with Crippen LogP contribution in [0.3, 0.4) is 0 Å². The van der Waals surface area contributed by atoms with Crippen molar-refractivity contribution in [3.8, 4) is 5.75 Å². The fourth-order valence-electron chi connectivity index (χ4n) is 2.25. The van der Waals surface area contributed by atoms with Crippen molar-refractivity contribution in [2.24, 2.45) is 0 Å². The summed E-state index contributed by atoms with van der Waals surface area (Å²) < 4.78 is 7.64. The number of nitrogens with one attached hydrogen (secondary N) is 1. The Labute approximate surface area is 102 Å². The van der Waals surface area contributed by atoms with E-state index in [1.54, 1.807) is 7.11 Å². The minimum Gasteiger partial charge on any atom is -0.497 e. The van der Waals surface area contributed by atoms with Crippen LogP contribution >= 0.6 is 0 Å². The van der Waals surface area contributed by atoms with Gasteiger partial charge in [0.25, 0.3) is 0 Å². The molecule has 1 N–H and O–H groups in total. The molecule has 1 heterocycles. The maximum absolute atomic E-state index is 5.29. The van der Waals surface area contributed by atoms with Gasteiger partial charge in [0.15, 0.2) is 0 Å². The van der Waals surface area contributed by atoms with Crippen molar-refractivity contribution in [3.05, 3.63) is 30.0 Å². The minimum absolute atomic E-state index is 0.922. The molecule has 0 bridgehead atoms. The molecule has 0 aliphatic heterocycles. The highest BCUT2D eigenvalue weighted by Gasteiger charge is 2.07. The summed E-state index contributed by atoms with van der Waals surface area (Å²) in [7, 11) is 3.70. The number of benzene rings is 1. The summed E-state index contributed by atoms with van der Waals surface area (Å²) in [4.78, 5) is 0. The first-order chi connectivity index (χ1) is 8.30. The van der Waals surface area contributed by atoms with Gasteiger partial charge in [-0.3, -0.25) is 0 Å². The molecule has 0 spiro atoms. The minimum atomic E-state index is 0.922. The van der Waals surface area contributed by atoms with E-state index >= 15 is 0 Å². The van der Waals surface area contributed by atoms with Crippen molar-refractivity contribution in [1.82, 2.24) is 9.88 Å². The summed E-state index contributed by atoms with van der Waals surface area (Å²) in [5, 5.41) is 4.49. The first-order valence-electron chi connectivity index (χ1n) is 6.11. The quantitative estimate of drug-likeness (QED) is 0.857. The molecular formula is C14H20N2O. The molecule has 1 aromatic heterocycles. The molecule has 2 aromatic rings. The largest absolute Gasteiger partial charge is 0.497 e. The van der Waals surface area contributed by atoms with Gasteiger partial charge in [0.2, 0.25) is 0 Å². The van der Waals surface area contributed by atoms with Gasteiger partial charge in [0, 0.05) is 36.7 Å². The number of aryl methyl sites for hydroxylation is 1. The Hall–Kier alpha value is -1.48. The Morgan fingerprint density at radius 1 is 1.29 bits per heavy atom. The van der Waals surface area contributed by atoms with Crippen LogP contribution in [-0.2, 0) is 13.0 Å². The van der Waals surface area contributed by atoms with E-state index in [1.807, 2.05) is 13.1 Å². The molecule has 0 aliphatic rings. The monoisotopic (exact) mass is 232 g/mol. The summed E-state index contributed by atoms with van der Waals surface area (Å²) >= 11 is 0. The first kappa shape index (κ1) is 12.0. The molecule has 17 heavy (non-hydrogen) atoms. The zero-order chi connectivity index (χ0) is 12.3. The maximum Gasteiger partial charge on any atom is 0.120 e. The normalized spacial score (nSPS) is 11.0. The molecule has 0 radical (unpaired) electrons. The Bertz CT molecular complexity index is 502. The highest BCUT2D eigenvalue weighted by Crippen LogP contribution is 2.24. The summed E-state index contributed by atoms with van der Waals surface area (Å²) in [6, 6.07) is 8.53. The van der Waals surface area contributed by atoms with Crippen LogP contribution in [0.15, 0.2) is 24.3 Å². The van der Waals surface area contributed by atoms with Crippen molar-refractivity contribution < 1.29 is 4.74 Å². The van der Waals surface area contributed by atoms with Gasteiger partial charge >= 0.3 is 0 Å². The smallest absolute Gasteiger partial charge is 0.120 e. The molecule has 2 rings (SSSR count). The lowest BCUT2D eigenvalue weighted by molar-refractivity contribution is 0.415. The van der Waals surface area contributed by atoms with Crippen LogP contribution in [-0.4, -0.2) is 25.3 Å². The molecule has 0 unspecified atom stereocenters. The number of methoxy groups -OCH3 is 1. The molecule has 0 saturated carbocycles. The van der Waals surface area contributed by atoms with Crippen molar-refractivity contribution in [1.29, 1.82) is 0 Å². The molecule has 0 amide bonds. The SMILES string of the molecule is CCn1c(CCNC)cc2ccc(OC)cc21. The third-order valence-electron chi connectivity index (χ3n) is 3.14. The zero-order valence-electron chi connectivity index (χ0n) is 10.8. The van der Waals surface area contributed by atoms with Gasteiger partial charge in [-0.25, -0.2) is 0 Å². The number of hydrogen-bond acceptors (Lipinski definition) is 2. The van der Waals surface area contributed by atoms with Gasteiger partial charge in [-0.05, 0) is 32.2 Å². The second kappa shape index (κ2) is 5.23. The Kier molecular flexibility index (Phi) is 3.69. The van der Waals surface area contributed by atoms with E-state index < -0.39 is 0 Å². The van der Waals surface area contributed by atoms with Gasteiger partial charge < -0.3 is 14.6 Å². The Balaban J connectivity index is 2.47. The predicted octanol–water partition coefficient (Wildman–Crippen LogP) is 2.43. The standard InChI is InChI=1S/C14H20N2O/c1-4-16-12(7-8-15-2)9-11-5-6-13(17-3)10-14(11)16/h5-6,9-10,15H,4,7-8H2,1-3H3. The average Bonchev–Trinajstić information content (AvgIpc) is 2.72. The summed E-state index contributed by atoms with van der Waals surface area (Å²) in [5.41, 5.74) is 2.64. The Morgan fingerprint density at radius 3 is 2.76 bits per heavy atom. The summed E-state index contributed by atoms with van der Waals surface area (Å²) in [5.74, 6) is 0.922. The van der Waals surface area contributed by atoms with Gasteiger partial charge in [-0.15, -0.1) is 0 Å². The third kappa shape index (κ3) is 2.29. The third-order valence-corrected chi connectivity index (χ3v) is 3.14. The van der Waals surface area contributed by atoms with Crippen LogP contribution in [0, 0.1) is 0 Å². The first-order valence-corrected chi connectivity index (χ1v) is 6.11. The number of nitrogens with zero attached hydrogens (tertiary/aromatic N) is 1. The summed E-state index contributed by atoms with van der Waals surface area (Å²) in [6.45, 7) is 4.19. The molecule has 0 fully saturated rings. The second-order valence-corrected chi connectivity index (χ2v) is 4.16. The van der Waals surface area contributed by atoms with E-state index in [-0.39, 0.29) is 0 Å². The average molecular weight is 232 g/mol. The fraction of sp³-hybridized carbons (Fsp3) is 0.429. The van der Waals surface area contributed by atoms with Crippen molar-refractivity contribution >= 4 is 10.9 Å². The van der Waals surface area contributed by atoms with E-state index in [0.717, 1.165) is 25.3 Å². The zero-order valence-corrected chi connectivity index (χ0v) is 10.8. The topological polar surface area (TPSA) is 26.2 Å². The molecule has 0 aliphatic carbocycles.